The SMILES string of the molecule is Clc1nccnc1N1CCC(N2CCCCC2)C1. The maximum atomic E-state index is 6.11. The van der Waals surface area contributed by atoms with E-state index in [1.54, 1.807) is 12.4 Å². The predicted octanol–water partition coefficient (Wildman–Crippen LogP) is 2.19. The van der Waals surface area contributed by atoms with Gasteiger partial charge in [-0.15, -0.1) is 0 Å². The number of aromatic nitrogens is 2. The zero-order chi connectivity index (χ0) is 12.4. The van der Waals surface area contributed by atoms with Gasteiger partial charge in [-0.2, -0.15) is 0 Å². The Bertz CT molecular complexity index is 406. The summed E-state index contributed by atoms with van der Waals surface area (Å²) in [4.78, 5) is 13.4. The van der Waals surface area contributed by atoms with Crippen LogP contribution in [0, 0.1) is 0 Å². The highest BCUT2D eigenvalue weighted by Gasteiger charge is 2.30. The first-order valence-electron chi connectivity index (χ1n) is 6.80. The summed E-state index contributed by atoms with van der Waals surface area (Å²) in [7, 11) is 0. The molecule has 0 radical (unpaired) electrons. The van der Waals surface area contributed by atoms with Gasteiger partial charge in [0.2, 0.25) is 0 Å². The summed E-state index contributed by atoms with van der Waals surface area (Å²) in [5.41, 5.74) is 0. The first-order valence-corrected chi connectivity index (χ1v) is 7.18. The summed E-state index contributed by atoms with van der Waals surface area (Å²) < 4.78 is 0. The minimum absolute atomic E-state index is 0.525. The molecule has 18 heavy (non-hydrogen) atoms. The lowest BCUT2D eigenvalue weighted by Gasteiger charge is -2.32. The lowest BCUT2D eigenvalue weighted by molar-refractivity contribution is 0.175. The summed E-state index contributed by atoms with van der Waals surface area (Å²) >= 11 is 6.11. The van der Waals surface area contributed by atoms with Crippen molar-refractivity contribution >= 4 is 17.4 Å². The second-order valence-corrected chi connectivity index (χ2v) is 5.51. The largest absolute Gasteiger partial charge is 0.352 e. The number of anilines is 1. The zero-order valence-corrected chi connectivity index (χ0v) is 11.3. The number of piperidine rings is 1. The molecule has 0 aromatic carbocycles. The average molecular weight is 267 g/mol. The van der Waals surface area contributed by atoms with Gasteiger partial charge in [0.15, 0.2) is 11.0 Å². The number of likely N-dealkylation sites (tertiary alicyclic amines) is 1. The Morgan fingerprint density at radius 3 is 2.61 bits per heavy atom. The summed E-state index contributed by atoms with van der Waals surface area (Å²) in [6.07, 6.45) is 8.67. The molecule has 0 N–H and O–H groups in total. The molecule has 0 amide bonds. The molecule has 4 nitrogen and oxygen atoms in total. The highest BCUT2D eigenvalue weighted by atomic mass is 35.5. The molecule has 2 saturated heterocycles. The van der Waals surface area contributed by atoms with Gasteiger partial charge in [0, 0.05) is 31.5 Å². The zero-order valence-electron chi connectivity index (χ0n) is 10.6. The molecule has 1 atom stereocenters. The van der Waals surface area contributed by atoms with Crippen molar-refractivity contribution in [2.24, 2.45) is 0 Å². The van der Waals surface area contributed by atoms with Crippen LogP contribution in [0.2, 0.25) is 5.15 Å². The van der Waals surface area contributed by atoms with Crippen LogP contribution in [0.1, 0.15) is 25.7 Å². The van der Waals surface area contributed by atoms with Crippen LogP contribution in [-0.2, 0) is 0 Å². The summed E-state index contributed by atoms with van der Waals surface area (Å²) in [5, 5.41) is 0.525. The Hall–Kier alpha value is -0.870. The summed E-state index contributed by atoms with van der Waals surface area (Å²) in [6.45, 7) is 4.59. The number of hydrogen-bond donors (Lipinski definition) is 0. The van der Waals surface area contributed by atoms with Gasteiger partial charge in [0.05, 0.1) is 0 Å². The van der Waals surface area contributed by atoms with E-state index in [1.165, 1.54) is 38.8 Å². The van der Waals surface area contributed by atoms with Gasteiger partial charge < -0.3 is 4.90 Å². The van der Waals surface area contributed by atoms with E-state index in [9.17, 15) is 0 Å². The Kier molecular flexibility index (Phi) is 3.66. The van der Waals surface area contributed by atoms with Crippen molar-refractivity contribution in [3.05, 3.63) is 17.5 Å². The predicted molar refractivity (Wildman–Crippen MR) is 73.1 cm³/mol. The molecule has 3 heterocycles. The number of halogens is 1. The number of rotatable bonds is 2. The molecular weight excluding hydrogens is 248 g/mol. The van der Waals surface area contributed by atoms with E-state index in [4.69, 9.17) is 11.6 Å². The molecule has 98 valence electrons. The quantitative estimate of drug-likeness (QED) is 0.822. The molecule has 2 aliphatic rings. The van der Waals surface area contributed by atoms with Crippen LogP contribution in [0.4, 0.5) is 5.82 Å². The second kappa shape index (κ2) is 5.41. The van der Waals surface area contributed by atoms with Crippen LogP contribution in [-0.4, -0.2) is 47.1 Å². The van der Waals surface area contributed by atoms with Crippen molar-refractivity contribution < 1.29 is 0 Å². The van der Waals surface area contributed by atoms with E-state index < -0.39 is 0 Å². The third-order valence-electron chi connectivity index (χ3n) is 4.01. The Labute approximate surface area is 113 Å². The van der Waals surface area contributed by atoms with Crippen molar-refractivity contribution in [2.45, 2.75) is 31.7 Å². The van der Waals surface area contributed by atoms with Gasteiger partial charge >= 0.3 is 0 Å². The lowest BCUT2D eigenvalue weighted by atomic mass is 10.1. The topological polar surface area (TPSA) is 32.3 Å². The van der Waals surface area contributed by atoms with E-state index in [0.29, 0.717) is 11.2 Å². The highest BCUT2D eigenvalue weighted by molar-refractivity contribution is 6.31. The van der Waals surface area contributed by atoms with Crippen LogP contribution in [0.3, 0.4) is 0 Å². The van der Waals surface area contributed by atoms with Gasteiger partial charge in [0.1, 0.15) is 0 Å². The van der Waals surface area contributed by atoms with E-state index in [-0.39, 0.29) is 0 Å². The van der Waals surface area contributed by atoms with Gasteiger partial charge in [0.25, 0.3) is 0 Å². The van der Waals surface area contributed by atoms with Gasteiger partial charge in [-0.3, -0.25) is 4.90 Å². The molecule has 0 spiro atoms. The fourth-order valence-electron chi connectivity index (χ4n) is 3.04. The second-order valence-electron chi connectivity index (χ2n) is 5.16. The highest BCUT2D eigenvalue weighted by Crippen LogP contribution is 2.27. The number of nitrogens with zero attached hydrogens (tertiary/aromatic N) is 4. The molecule has 3 rings (SSSR count). The van der Waals surface area contributed by atoms with E-state index in [1.807, 2.05) is 0 Å². The van der Waals surface area contributed by atoms with Crippen molar-refractivity contribution in [1.29, 1.82) is 0 Å². The van der Waals surface area contributed by atoms with Crippen LogP contribution >= 0.6 is 11.6 Å². The Morgan fingerprint density at radius 1 is 1.06 bits per heavy atom. The van der Waals surface area contributed by atoms with Gasteiger partial charge in [-0.25, -0.2) is 9.97 Å². The maximum Gasteiger partial charge on any atom is 0.171 e. The Morgan fingerprint density at radius 2 is 1.83 bits per heavy atom. The fourth-order valence-corrected chi connectivity index (χ4v) is 3.27. The van der Waals surface area contributed by atoms with E-state index in [2.05, 4.69) is 19.8 Å². The molecule has 2 aliphatic heterocycles. The molecule has 1 unspecified atom stereocenters. The van der Waals surface area contributed by atoms with E-state index >= 15 is 0 Å². The monoisotopic (exact) mass is 266 g/mol. The van der Waals surface area contributed by atoms with Crippen molar-refractivity contribution in [1.82, 2.24) is 14.9 Å². The normalized spacial score (nSPS) is 25.6. The third-order valence-corrected chi connectivity index (χ3v) is 4.27. The molecule has 0 aliphatic carbocycles. The fraction of sp³-hybridized carbons (Fsp3) is 0.692. The molecule has 0 bridgehead atoms. The number of hydrogen-bond acceptors (Lipinski definition) is 4. The molecule has 1 aromatic rings. The van der Waals surface area contributed by atoms with Crippen LogP contribution in [0.25, 0.3) is 0 Å². The third kappa shape index (κ3) is 2.45. The average Bonchev–Trinajstić information content (AvgIpc) is 2.90. The molecule has 1 aromatic heterocycles. The lowest BCUT2D eigenvalue weighted by Crippen LogP contribution is -2.41. The minimum atomic E-state index is 0.525. The van der Waals surface area contributed by atoms with E-state index in [0.717, 1.165) is 18.9 Å². The molecular formula is C13H19ClN4. The summed E-state index contributed by atoms with van der Waals surface area (Å²) in [6, 6.07) is 0.670. The van der Waals surface area contributed by atoms with Crippen LogP contribution < -0.4 is 4.90 Å². The minimum Gasteiger partial charge on any atom is -0.352 e. The van der Waals surface area contributed by atoms with Gasteiger partial charge in [-0.1, -0.05) is 18.0 Å². The molecule has 2 fully saturated rings. The van der Waals surface area contributed by atoms with Crippen molar-refractivity contribution in [2.75, 3.05) is 31.1 Å². The molecule has 5 heteroatoms. The maximum absolute atomic E-state index is 6.11. The van der Waals surface area contributed by atoms with Crippen molar-refractivity contribution in [3.63, 3.8) is 0 Å². The Balaban J connectivity index is 1.66. The standard InChI is InChI=1S/C13H19ClN4/c14-12-13(16-6-5-15-12)18-9-4-11(10-18)17-7-2-1-3-8-17/h5-6,11H,1-4,7-10H2. The smallest absolute Gasteiger partial charge is 0.171 e. The first-order chi connectivity index (χ1) is 8.84. The first kappa shape index (κ1) is 12.2. The van der Waals surface area contributed by atoms with Gasteiger partial charge in [-0.05, 0) is 32.4 Å². The summed E-state index contributed by atoms with van der Waals surface area (Å²) in [5.74, 6) is 0.846. The molecule has 0 saturated carbocycles. The van der Waals surface area contributed by atoms with Crippen LogP contribution in [0.15, 0.2) is 12.4 Å². The van der Waals surface area contributed by atoms with Crippen molar-refractivity contribution in [3.8, 4) is 0 Å². The van der Waals surface area contributed by atoms with Crippen LogP contribution in [0.5, 0.6) is 0 Å².